The van der Waals surface area contributed by atoms with Crippen molar-refractivity contribution in [1.82, 2.24) is 0 Å². The maximum absolute atomic E-state index is 14.5. The number of carbonyl (C=O) groups is 3. The SMILES string of the molecule is CC[C@@]12C(=O)[C@@](C)(C(c3ccccc3)=C1c1ccccc1)[C@H]1C(=O)N(c3ccccc3OC)C(=O)[C@H]12. The van der Waals surface area contributed by atoms with Crippen LogP contribution in [0.15, 0.2) is 84.9 Å². The van der Waals surface area contributed by atoms with Crippen LogP contribution in [-0.2, 0) is 14.4 Å². The van der Waals surface area contributed by atoms with Crippen LogP contribution in [0.25, 0.3) is 11.1 Å². The van der Waals surface area contributed by atoms with Gasteiger partial charge in [0.05, 0.1) is 35.5 Å². The number of Topliss-reactive ketones (excluding diaryl/α,β-unsaturated/α-hetero) is 1. The summed E-state index contributed by atoms with van der Waals surface area (Å²) in [7, 11) is 1.52. The molecule has 5 nitrogen and oxygen atoms in total. The van der Waals surface area contributed by atoms with Crippen LogP contribution >= 0.6 is 0 Å². The Balaban J connectivity index is 1.65. The van der Waals surface area contributed by atoms with E-state index in [4.69, 9.17) is 4.74 Å². The van der Waals surface area contributed by atoms with Gasteiger partial charge in [-0.05, 0) is 47.8 Å². The number of methoxy groups -OCH3 is 1. The summed E-state index contributed by atoms with van der Waals surface area (Å²) in [6.07, 6.45) is 0.432. The summed E-state index contributed by atoms with van der Waals surface area (Å²) in [6, 6.07) is 26.7. The number of hydrogen-bond acceptors (Lipinski definition) is 4. The molecule has 3 aliphatic rings. The minimum Gasteiger partial charge on any atom is -0.495 e. The summed E-state index contributed by atoms with van der Waals surface area (Å²) >= 11 is 0. The van der Waals surface area contributed by atoms with Crippen LogP contribution in [0.5, 0.6) is 5.75 Å². The van der Waals surface area contributed by atoms with Gasteiger partial charge in [-0.15, -0.1) is 0 Å². The zero-order valence-corrected chi connectivity index (χ0v) is 20.5. The van der Waals surface area contributed by atoms with E-state index in [2.05, 4.69) is 0 Å². The minimum absolute atomic E-state index is 0.0217. The average molecular weight is 478 g/mol. The third-order valence-electron chi connectivity index (χ3n) is 8.56. The second-order valence-corrected chi connectivity index (χ2v) is 9.98. The molecule has 3 aromatic rings. The van der Waals surface area contributed by atoms with Gasteiger partial charge in [0.2, 0.25) is 11.8 Å². The van der Waals surface area contributed by atoms with Gasteiger partial charge >= 0.3 is 0 Å². The topological polar surface area (TPSA) is 63.7 Å². The predicted octanol–water partition coefficient (Wildman–Crippen LogP) is 5.41. The molecule has 1 saturated heterocycles. The van der Waals surface area contributed by atoms with Crippen LogP contribution < -0.4 is 9.64 Å². The lowest BCUT2D eigenvalue weighted by atomic mass is 9.62. The first kappa shape index (κ1) is 22.5. The number of nitrogens with zero attached hydrogens (tertiary/aromatic N) is 1. The molecule has 36 heavy (non-hydrogen) atoms. The summed E-state index contributed by atoms with van der Waals surface area (Å²) in [5.74, 6) is -1.76. The molecular weight excluding hydrogens is 450 g/mol. The number of rotatable bonds is 5. The highest BCUT2D eigenvalue weighted by molar-refractivity contribution is 6.34. The Morgan fingerprint density at radius 3 is 1.86 bits per heavy atom. The Kier molecular flexibility index (Phi) is 4.84. The normalized spacial score (nSPS) is 28.8. The Morgan fingerprint density at radius 1 is 0.750 bits per heavy atom. The molecule has 2 aliphatic carbocycles. The fraction of sp³-hybridized carbons (Fsp3) is 0.258. The fourth-order valence-corrected chi connectivity index (χ4v) is 7.18. The Labute approximate surface area is 210 Å². The quantitative estimate of drug-likeness (QED) is 0.461. The molecule has 3 aromatic carbocycles. The van der Waals surface area contributed by atoms with Crippen molar-refractivity contribution in [2.45, 2.75) is 20.3 Å². The van der Waals surface area contributed by atoms with Crippen molar-refractivity contribution < 1.29 is 19.1 Å². The zero-order valence-electron chi connectivity index (χ0n) is 20.5. The van der Waals surface area contributed by atoms with Crippen molar-refractivity contribution in [3.8, 4) is 5.75 Å². The fourth-order valence-electron chi connectivity index (χ4n) is 7.18. The van der Waals surface area contributed by atoms with Gasteiger partial charge < -0.3 is 4.74 Å². The Morgan fingerprint density at radius 2 is 1.28 bits per heavy atom. The lowest BCUT2D eigenvalue weighted by Crippen LogP contribution is -2.41. The number of hydrogen-bond donors (Lipinski definition) is 0. The molecule has 0 spiro atoms. The molecule has 2 bridgehead atoms. The van der Waals surface area contributed by atoms with Gasteiger partial charge in [-0.1, -0.05) is 79.7 Å². The van der Waals surface area contributed by atoms with Crippen LogP contribution in [0.1, 0.15) is 31.4 Å². The van der Waals surface area contributed by atoms with Gasteiger partial charge in [-0.25, -0.2) is 4.90 Å². The van der Waals surface area contributed by atoms with E-state index in [-0.39, 0.29) is 17.6 Å². The van der Waals surface area contributed by atoms with Crippen molar-refractivity contribution in [2.75, 3.05) is 12.0 Å². The van der Waals surface area contributed by atoms with Gasteiger partial charge in [0.15, 0.2) is 5.78 Å². The van der Waals surface area contributed by atoms with Gasteiger partial charge in [0.25, 0.3) is 0 Å². The van der Waals surface area contributed by atoms with Gasteiger partial charge in [0, 0.05) is 0 Å². The summed E-state index contributed by atoms with van der Waals surface area (Å²) in [5, 5.41) is 0. The van der Waals surface area contributed by atoms with Crippen molar-refractivity contribution in [3.63, 3.8) is 0 Å². The third-order valence-corrected chi connectivity index (χ3v) is 8.56. The van der Waals surface area contributed by atoms with Gasteiger partial charge in [-0.2, -0.15) is 0 Å². The highest BCUT2D eigenvalue weighted by Crippen LogP contribution is 2.74. The highest BCUT2D eigenvalue weighted by Gasteiger charge is 2.79. The molecule has 0 aromatic heterocycles. The standard InChI is InChI=1S/C31H27NO4/c1-4-31-24(20-15-9-6-10-16-20)23(19-13-7-5-8-14-19)30(2,29(31)35)25-26(31)28(34)32(27(25)33)21-17-11-12-18-22(21)36-3/h5-18,25-26H,4H2,1-3H3/t25-,26+,30+,31-/m1/s1. The molecule has 1 aliphatic heterocycles. The van der Waals surface area contributed by atoms with E-state index in [0.717, 1.165) is 22.3 Å². The first-order chi connectivity index (χ1) is 17.4. The number of carbonyl (C=O) groups excluding carboxylic acids is 3. The summed E-state index contributed by atoms with van der Waals surface area (Å²) in [4.78, 5) is 44.1. The predicted molar refractivity (Wildman–Crippen MR) is 138 cm³/mol. The Bertz CT molecular complexity index is 1440. The average Bonchev–Trinajstić information content (AvgIpc) is 3.39. The summed E-state index contributed by atoms with van der Waals surface area (Å²) in [5.41, 5.74) is 1.79. The summed E-state index contributed by atoms with van der Waals surface area (Å²) < 4.78 is 5.50. The molecule has 1 heterocycles. The number of amides is 2. The first-order valence-electron chi connectivity index (χ1n) is 12.3. The van der Waals surface area contributed by atoms with Crippen LogP contribution in [0, 0.1) is 22.7 Å². The zero-order chi connectivity index (χ0) is 25.2. The van der Waals surface area contributed by atoms with Gasteiger partial charge in [-0.3, -0.25) is 14.4 Å². The minimum atomic E-state index is -1.13. The Hall–Kier alpha value is -3.99. The van der Waals surface area contributed by atoms with E-state index in [1.165, 1.54) is 12.0 Å². The molecule has 0 radical (unpaired) electrons. The van der Waals surface area contributed by atoms with E-state index >= 15 is 0 Å². The number of para-hydroxylation sites is 2. The van der Waals surface area contributed by atoms with Crippen molar-refractivity contribution in [1.29, 1.82) is 0 Å². The molecule has 2 amide bonds. The number of imide groups is 1. The largest absolute Gasteiger partial charge is 0.495 e. The number of anilines is 1. The second kappa shape index (κ2) is 7.76. The number of ether oxygens (including phenoxy) is 1. The number of ketones is 1. The number of fused-ring (bicyclic) bond motifs is 5. The molecule has 180 valence electrons. The third kappa shape index (κ3) is 2.53. The molecule has 6 rings (SSSR count). The van der Waals surface area contributed by atoms with Crippen LogP contribution in [0.3, 0.4) is 0 Å². The number of allylic oxidation sites excluding steroid dienone is 2. The molecular formula is C31H27NO4. The van der Waals surface area contributed by atoms with Crippen LogP contribution in [-0.4, -0.2) is 24.7 Å². The molecule has 0 N–H and O–H groups in total. The van der Waals surface area contributed by atoms with E-state index in [1.807, 2.05) is 74.5 Å². The second-order valence-electron chi connectivity index (χ2n) is 9.98. The molecule has 2 fully saturated rings. The summed E-state index contributed by atoms with van der Waals surface area (Å²) in [6.45, 7) is 3.83. The van der Waals surface area contributed by atoms with Gasteiger partial charge in [0.1, 0.15) is 5.75 Å². The lowest BCUT2D eigenvalue weighted by Gasteiger charge is -2.37. The van der Waals surface area contributed by atoms with Crippen molar-refractivity contribution >= 4 is 34.4 Å². The molecule has 1 saturated carbocycles. The smallest absolute Gasteiger partial charge is 0.239 e. The maximum Gasteiger partial charge on any atom is 0.239 e. The first-order valence-corrected chi connectivity index (χ1v) is 12.3. The van der Waals surface area contributed by atoms with Crippen molar-refractivity contribution in [2.24, 2.45) is 22.7 Å². The number of benzene rings is 3. The lowest BCUT2D eigenvalue weighted by molar-refractivity contribution is -0.134. The maximum atomic E-state index is 14.5. The van der Waals surface area contributed by atoms with E-state index in [1.54, 1.807) is 24.3 Å². The molecule has 4 atom stereocenters. The monoisotopic (exact) mass is 477 g/mol. The van der Waals surface area contributed by atoms with Crippen molar-refractivity contribution in [3.05, 3.63) is 96.1 Å². The highest BCUT2D eigenvalue weighted by atomic mass is 16.5. The van der Waals surface area contributed by atoms with E-state index < -0.39 is 22.7 Å². The van der Waals surface area contributed by atoms with Crippen LogP contribution in [0.4, 0.5) is 5.69 Å². The van der Waals surface area contributed by atoms with E-state index in [0.29, 0.717) is 17.9 Å². The van der Waals surface area contributed by atoms with Crippen LogP contribution in [0.2, 0.25) is 0 Å². The molecule has 5 heteroatoms. The van der Waals surface area contributed by atoms with E-state index in [9.17, 15) is 14.4 Å². The molecule has 0 unspecified atom stereocenters.